The highest BCUT2D eigenvalue weighted by Crippen LogP contribution is 2.71. The summed E-state index contributed by atoms with van der Waals surface area (Å²) in [6.07, 6.45) is 5.77. The zero-order valence-corrected chi connectivity index (χ0v) is 22.6. The van der Waals surface area contributed by atoms with Crippen LogP contribution in [0.1, 0.15) is 64.9 Å². The minimum atomic E-state index is -0.701. The molecule has 3 amide bonds. The van der Waals surface area contributed by atoms with Crippen LogP contribution in [0.4, 0.5) is 0 Å². The Bertz CT molecular complexity index is 959. The molecule has 3 N–H and O–H groups in total. The summed E-state index contributed by atoms with van der Waals surface area (Å²) in [5, 5.41) is 16.6. The molecule has 0 aliphatic carbocycles. The molecular formula is C28H41N3O4S. The molecule has 36 heavy (non-hydrogen) atoms. The highest BCUT2D eigenvalue weighted by Gasteiger charge is 2.77. The second kappa shape index (κ2) is 11.1. The highest BCUT2D eigenvalue weighted by molar-refractivity contribution is 8.02. The fraction of sp³-hybridized carbons (Fsp3) is 0.679. The molecule has 3 fully saturated rings. The lowest BCUT2D eigenvalue weighted by Crippen LogP contribution is -2.57. The van der Waals surface area contributed by atoms with Crippen LogP contribution in [0.5, 0.6) is 0 Å². The van der Waals surface area contributed by atoms with E-state index in [-0.39, 0.29) is 29.1 Å². The second-order valence-electron chi connectivity index (χ2n) is 10.8. The number of unbranched alkanes of at least 4 members (excludes halogenated alkanes) is 2. The molecule has 2 unspecified atom stereocenters. The topological polar surface area (TPSA) is 98.7 Å². The van der Waals surface area contributed by atoms with E-state index in [0.29, 0.717) is 19.5 Å². The number of amides is 3. The van der Waals surface area contributed by atoms with Gasteiger partial charge in [0.15, 0.2) is 0 Å². The number of benzene rings is 1. The van der Waals surface area contributed by atoms with Gasteiger partial charge in [0.25, 0.3) is 0 Å². The van der Waals surface area contributed by atoms with Crippen molar-refractivity contribution in [2.75, 3.05) is 19.7 Å². The molecule has 3 saturated heterocycles. The van der Waals surface area contributed by atoms with Crippen LogP contribution in [0, 0.1) is 11.8 Å². The first-order chi connectivity index (χ1) is 17.3. The van der Waals surface area contributed by atoms with Crippen molar-refractivity contribution in [3.8, 4) is 0 Å². The Balaban J connectivity index is 1.70. The van der Waals surface area contributed by atoms with Gasteiger partial charge in [-0.1, -0.05) is 57.0 Å². The maximum absolute atomic E-state index is 14.2. The number of aliphatic hydroxyl groups is 1. The van der Waals surface area contributed by atoms with E-state index >= 15 is 0 Å². The quantitative estimate of drug-likeness (QED) is 0.372. The van der Waals surface area contributed by atoms with Crippen LogP contribution in [0.15, 0.2) is 30.3 Å². The van der Waals surface area contributed by atoms with Gasteiger partial charge < -0.3 is 20.6 Å². The molecule has 4 rings (SSSR count). The fourth-order valence-electron chi connectivity index (χ4n) is 6.64. The number of carbonyl (C=O) groups is 3. The van der Waals surface area contributed by atoms with E-state index in [0.717, 1.165) is 44.1 Å². The minimum absolute atomic E-state index is 0.0839. The van der Waals surface area contributed by atoms with Crippen molar-refractivity contribution in [2.24, 2.45) is 11.8 Å². The molecule has 198 valence electrons. The van der Waals surface area contributed by atoms with Crippen LogP contribution in [-0.2, 0) is 20.8 Å². The summed E-state index contributed by atoms with van der Waals surface area (Å²) in [4.78, 5) is 43.1. The number of rotatable bonds is 12. The van der Waals surface area contributed by atoms with Crippen LogP contribution < -0.4 is 10.6 Å². The molecule has 2 bridgehead atoms. The summed E-state index contributed by atoms with van der Waals surface area (Å²) >= 11 is 1.68. The average Bonchev–Trinajstić information content (AvgIpc) is 3.45. The fourth-order valence-corrected chi connectivity index (χ4v) is 8.98. The van der Waals surface area contributed by atoms with Gasteiger partial charge in [-0.25, -0.2) is 0 Å². The number of aliphatic hydroxyl groups excluding tert-OH is 1. The number of hydrogen-bond donors (Lipinski definition) is 3. The second-order valence-corrected chi connectivity index (χ2v) is 12.7. The van der Waals surface area contributed by atoms with Crippen LogP contribution in [-0.4, -0.2) is 69.0 Å². The van der Waals surface area contributed by atoms with Gasteiger partial charge in [-0.15, -0.1) is 11.8 Å². The number of likely N-dealkylation sites (tertiary alicyclic amines) is 1. The van der Waals surface area contributed by atoms with Crippen LogP contribution >= 0.6 is 11.8 Å². The summed E-state index contributed by atoms with van der Waals surface area (Å²) in [5.74, 6) is -1.44. The van der Waals surface area contributed by atoms with Gasteiger partial charge in [0, 0.05) is 17.8 Å². The molecule has 6 atom stereocenters. The van der Waals surface area contributed by atoms with Crippen molar-refractivity contribution in [1.29, 1.82) is 0 Å². The maximum Gasteiger partial charge on any atom is 0.244 e. The lowest BCUT2D eigenvalue weighted by atomic mass is 9.66. The smallest absolute Gasteiger partial charge is 0.244 e. The number of fused-ring (bicyclic) bond motifs is 1. The molecule has 0 radical (unpaired) electrons. The van der Waals surface area contributed by atoms with Crippen molar-refractivity contribution in [3.63, 3.8) is 0 Å². The van der Waals surface area contributed by atoms with Crippen LogP contribution in [0.3, 0.4) is 0 Å². The van der Waals surface area contributed by atoms with Gasteiger partial charge in [0.05, 0.1) is 29.2 Å². The third-order valence-electron chi connectivity index (χ3n) is 8.29. The molecule has 1 aromatic carbocycles. The summed E-state index contributed by atoms with van der Waals surface area (Å²) < 4.78 is -1.03. The Morgan fingerprint density at radius 1 is 1.08 bits per heavy atom. The normalized spacial score (nSPS) is 31.4. The molecule has 1 aromatic rings. The summed E-state index contributed by atoms with van der Waals surface area (Å²) in [7, 11) is 0. The molecule has 8 heteroatoms. The molecule has 3 heterocycles. The highest BCUT2D eigenvalue weighted by atomic mass is 32.2. The largest absolute Gasteiger partial charge is 0.394 e. The van der Waals surface area contributed by atoms with Crippen LogP contribution in [0.25, 0.3) is 0 Å². The molecule has 1 spiro atoms. The summed E-state index contributed by atoms with van der Waals surface area (Å²) in [5.41, 5.74) is 1.00. The van der Waals surface area contributed by atoms with Gasteiger partial charge in [-0.3, -0.25) is 14.4 Å². The average molecular weight is 516 g/mol. The van der Waals surface area contributed by atoms with Crippen molar-refractivity contribution < 1.29 is 19.5 Å². The van der Waals surface area contributed by atoms with Gasteiger partial charge in [0.1, 0.15) is 6.04 Å². The predicted octanol–water partition coefficient (Wildman–Crippen LogP) is 2.90. The molecule has 3 aliphatic rings. The zero-order valence-electron chi connectivity index (χ0n) is 21.8. The van der Waals surface area contributed by atoms with Gasteiger partial charge in [0.2, 0.25) is 17.7 Å². The summed E-state index contributed by atoms with van der Waals surface area (Å²) in [6.45, 7) is 7.12. The Morgan fingerprint density at radius 2 is 1.81 bits per heavy atom. The van der Waals surface area contributed by atoms with Crippen molar-refractivity contribution >= 4 is 29.5 Å². The van der Waals surface area contributed by atoms with Crippen molar-refractivity contribution in [3.05, 3.63) is 35.9 Å². The number of nitrogens with one attached hydrogen (secondary N) is 2. The lowest BCUT2D eigenvalue weighted by molar-refractivity contribution is -0.143. The molecule has 0 aromatic heterocycles. The lowest BCUT2D eigenvalue weighted by Gasteiger charge is -2.37. The third-order valence-corrected chi connectivity index (χ3v) is 10.3. The van der Waals surface area contributed by atoms with Crippen molar-refractivity contribution in [1.82, 2.24) is 15.5 Å². The first-order valence-electron chi connectivity index (χ1n) is 13.6. The first kappa shape index (κ1) is 27.0. The third kappa shape index (κ3) is 4.67. The molecule has 3 aliphatic heterocycles. The van der Waals surface area contributed by atoms with E-state index in [2.05, 4.69) is 24.5 Å². The van der Waals surface area contributed by atoms with E-state index in [4.69, 9.17) is 0 Å². The minimum Gasteiger partial charge on any atom is -0.394 e. The standard InChI is InChI=1S/C28H41N3O4S/c1-4-6-10-16-30-25(34)23-28-14-13-27(3,36-28)21(24(33)29-15-5-2)22(28)26(35)31(23)20(18-32)17-19-11-8-7-9-12-19/h7-9,11-12,20-23,32H,4-6,10,13-18H2,1-3H3,(H,29,33)(H,30,34)/t20-,21+,22+,23?,27-,28?/m1/s1. The zero-order chi connectivity index (χ0) is 25.9. The Morgan fingerprint density at radius 3 is 2.47 bits per heavy atom. The number of hydrogen-bond acceptors (Lipinski definition) is 5. The van der Waals surface area contributed by atoms with Crippen LogP contribution in [0.2, 0.25) is 0 Å². The summed E-state index contributed by atoms with van der Waals surface area (Å²) in [6, 6.07) is 8.53. The number of thioether (sulfide) groups is 1. The van der Waals surface area contributed by atoms with Gasteiger partial charge in [-0.2, -0.15) is 0 Å². The SMILES string of the molecule is CCCCCNC(=O)C1N([C@@H](CO)Cc2ccccc2)C(=O)[C@@H]2[C@@H](C(=O)NCCC)[C@@]3(C)CCC12S3. The predicted molar refractivity (Wildman–Crippen MR) is 142 cm³/mol. The molecule has 0 saturated carbocycles. The monoisotopic (exact) mass is 515 g/mol. The van der Waals surface area contributed by atoms with Gasteiger partial charge in [-0.05, 0) is 44.6 Å². The Kier molecular flexibility index (Phi) is 8.35. The van der Waals surface area contributed by atoms with E-state index < -0.39 is 28.7 Å². The van der Waals surface area contributed by atoms with E-state index in [1.165, 1.54) is 0 Å². The first-order valence-corrected chi connectivity index (χ1v) is 14.4. The number of nitrogens with zero attached hydrogens (tertiary/aromatic N) is 1. The van der Waals surface area contributed by atoms with Crippen molar-refractivity contribution in [2.45, 2.75) is 87.3 Å². The maximum atomic E-state index is 14.2. The molecular weight excluding hydrogens is 474 g/mol. The van der Waals surface area contributed by atoms with E-state index in [1.807, 2.05) is 37.3 Å². The van der Waals surface area contributed by atoms with Gasteiger partial charge >= 0.3 is 0 Å². The Hall–Kier alpha value is -2.06. The number of carbonyl (C=O) groups excluding carboxylic acids is 3. The van der Waals surface area contributed by atoms with E-state index in [1.54, 1.807) is 16.7 Å². The Labute approximate surface area is 219 Å². The molecule has 7 nitrogen and oxygen atoms in total. The van der Waals surface area contributed by atoms with E-state index in [9.17, 15) is 19.5 Å².